The molecule has 1 aromatic carbocycles. The van der Waals surface area contributed by atoms with Gasteiger partial charge in [-0.3, -0.25) is 4.79 Å². The predicted octanol–water partition coefficient (Wildman–Crippen LogP) is 2.26. The number of hydrogen-bond acceptors (Lipinski definition) is 4. The van der Waals surface area contributed by atoms with Crippen molar-refractivity contribution in [3.05, 3.63) is 42.0 Å². The van der Waals surface area contributed by atoms with Crippen LogP contribution in [0.5, 0.6) is 0 Å². The van der Waals surface area contributed by atoms with Crippen LogP contribution in [0.4, 0.5) is 4.39 Å². The number of halogens is 1. The fourth-order valence-corrected chi connectivity index (χ4v) is 4.19. The molecule has 2 fully saturated rings. The standard InChI is InChI=1S/C18H19FN4O3/c19-12-5-7-13(8-6-12)22-10-14(20-21-22)17(24)23-15-4-2-1-3-11(15)9-16(23)18(25)26/h5-8,10-11,15-16H,1-4,9H2,(H,25,26)/t11-,15-,16+/m1/s1. The van der Waals surface area contributed by atoms with Crippen LogP contribution in [-0.2, 0) is 4.79 Å². The molecule has 2 aromatic rings. The zero-order valence-electron chi connectivity index (χ0n) is 14.1. The van der Waals surface area contributed by atoms with Crippen molar-refractivity contribution in [2.24, 2.45) is 5.92 Å². The van der Waals surface area contributed by atoms with Gasteiger partial charge in [0.1, 0.15) is 11.9 Å². The van der Waals surface area contributed by atoms with Crippen molar-refractivity contribution in [1.82, 2.24) is 19.9 Å². The maximum Gasteiger partial charge on any atom is 0.326 e. The van der Waals surface area contributed by atoms with Crippen molar-refractivity contribution in [3.8, 4) is 5.69 Å². The molecule has 1 N–H and O–H groups in total. The van der Waals surface area contributed by atoms with Crippen molar-refractivity contribution in [2.75, 3.05) is 0 Å². The molecule has 8 heteroatoms. The van der Waals surface area contributed by atoms with Gasteiger partial charge in [0, 0.05) is 6.04 Å². The molecule has 1 amide bonds. The van der Waals surface area contributed by atoms with Crippen LogP contribution < -0.4 is 0 Å². The summed E-state index contributed by atoms with van der Waals surface area (Å²) in [5.74, 6) is -1.50. The highest BCUT2D eigenvalue weighted by atomic mass is 19.1. The largest absolute Gasteiger partial charge is 0.480 e. The Labute approximate surface area is 149 Å². The molecule has 0 spiro atoms. The van der Waals surface area contributed by atoms with Crippen LogP contribution in [0.25, 0.3) is 5.69 Å². The lowest BCUT2D eigenvalue weighted by Crippen LogP contribution is -2.46. The molecular weight excluding hydrogens is 339 g/mol. The average Bonchev–Trinajstić information content (AvgIpc) is 3.27. The number of rotatable bonds is 3. The minimum Gasteiger partial charge on any atom is -0.480 e. The lowest BCUT2D eigenvalue weighted by Gasteiger charge is -2.32. The van der Waals surface area contributed by atoms with Crippen LogP contribution in [0.2, 0.25) is 0 Å². The van der Waals surface area contributed by atoms with Crippen LogP contribution in [0.1, 0.15) is 42.6 Å². The molecule has 1 saturated carbocycles. The summed E-state index contributed by atoms with van der Waals surface area (Å²) in [4.78, 5) is 26.2. The second-order valence-corrected chi connectivity index (χ2v) is 6.94. The van der Waals surface area contributed by atoms with Crippen LogP contribution in [0.15, 0.2) is 30.5 Å². The van der Waals surface area contributed by atoms with Gasteiger partial charge in [-0.25, -0.2) is 13.9 Å². The average molecular weight is 358 g/mol. The molecule has 0 unspecified atom stereocenters. The molecule has 1 saturated heterocycles. The van der Waals surface area contributed by atoms with Crippen molar-refractivity contribution in [2.45, 2.75) is 44.2 Å². The molecule has 2 heterocycles. The highest BCUT2D eigenvalue weighted by Gasteiger charge is 2.48. The lowest BCUT2D eigenvalue weighted by atomic mass is 9.84. The Kier molecular flexibility index (Phi) is 4.18. The Hall–Kier alpha value is -2.77. The minimum absolute atomic E-state index is 0.0479. The molecule has 3 atom stereocenters. The maximum atomic E-state index is 13.1. The zero-order valence-corrected chi connectivity index (χ0v) is 14.1. The van der Waals surface area contributed by atoms with E-state index >= 15 is 0 Å². The Morgan fingerprint density at radius 3 is 2.62 bits per heavy atom. The number of fused-ring (bicyclic) bond motifs is 1. The third kappa shape index (κ3) is 2.85. The van der Waals surface area contributed by atoms with E-state index in [-0.39, 0.29) is 23.5 Å². The second-order valence-electron chi connectivity index (χ2n) is 6.94. The Morgan fingerprint density at radius 2 is 1.88 bits per heavy atom. The fourth-order valence-electron chi connectivity index (χ4n) is 4.19. The van der Waals surface area contributed by atoms with Gasteiger partial charge in [-0.2, -0.15) is 0 Å². The monoisotopic (exact) mass is 358 g/mol. The van der Waals surface area contributed by atoms with Gasteiger partial charge in [-0.1, -0.05) is 18.1 Å². The van der Waals surface area contributed by atoms with Crippen molar-refractivity contribution >= 4 is 11.9 Å². The van der Waals surface area contributed by atoms with E-state index in [9.17, 15) is 19.1 Å². The van der Waals surface area contributed by atoms with Crippen molar-refractivity contribution in [3.63, 3.8) is 0 Å². The molecule has 26 heavy (non-hydrogen) atoms. The van der Waals surface area contributed by atoms with Gasteiger partial charge in [0.15, 0.2) is 5.69 Å². The SMILES string of the molecule is O=C(O)[C@@H]1C[C@H]2CCCC[C@H]2N1C(=O)c1cn(-c2ccc(F)cc2)nn1. The maximum absolute atomic E-state index is 13.1. The number of benzene rings is 1. The summed E-state index contributed by atoms with van der Waals surface area (Å²) in [5.41, 5.74) is 0.677. The smallest absolute Gasteiger partial charge is 0.326 e. The summed E-state index contributed by atoms with van der Waals surface area (Å²) < 4.78 is 14.4. The van der Waals surface area contributed by atoms with E-state index in [0.29, 0.717) is 12.1 Å². The molecule has 1 aliphatic heterocycles. The minimum atomic E-state index is -0.973. The Morgan fingerprint density at radius 1 is 1.15 bits per heavy atom. The quantitative estimate of drug-likeness (QED) is 0.909. The number of carbonyl (C=O) groups excluding carboxylic acids is 1. The van der Waals surface area contributed by atoms with Crippen LogP contribution in [0, 0.1) is 11.7 Å². The number of likely N-dealkylation sites (tertiary alicyclic amines) is 1. The molecule has 4 rings (SSSR count). The number of carboxylic acid groups (broad SMARTS) is 1. The van der Waals surface area contributed by atoms with Gasteiger partial charge in [-0.15, -0.1) is 5.10 Å². The van der Waals surface area contributed by atoms with E-state index in [1.54, 1.807) is 0 Å². The molecule has 2 aliphatic rings. The summed E-state index contributed by atoms with van der Waals surface area (Å²) in [5, 5.41) is 17.4. The summed E-state index contributed by atoms with van der Waals surface area (Å²) in [6, 6.07) is 4.80. The number of aliphatic carboxylic acids is 1. The first-order valence-electron chi connectivity index (χ1n) is 8.78. The molecular formula is C18H19FN4O3. The van der Waals surface area contributed by atoms with E-state index in [1.165, 1.54) is 40.0 Å². The number of aromatic nitrogens is 3. The van der Waals surface area contributed by atoms with Crippen LogP contribution >= 0.6 is 0 Å². The number of amides is 1. The fraction of sp³-hybridized carbons (Fsp3) is 0.444. The third-order valence-electron chi connectivity index (χ3n) is 5.41. The molecule has 0 radical (unpaired) electrons. The van der Waals surface area contributed by atoms with E-state index < -0.39 is 17.9 Å². The van der Waals surface area contributed by atoms with E-state index in [2.05, 4.69) is 10.3 Å². The van der Waals surface area contributed by atoms with Gasteiger partial charge < -0.3 is 10.0 Å². The highest BCUT2D eigenvalue weighted by Crippen LogP contribution is 2.40. The normalized spacial score (nSPS) is 25.1. The third-order valence-corrected chi connectivity index (χ3v) is 5.41. The van der Waals surface area contributed by atoms with Crippen LogP contribution in [-0.4, -0.2) is 49.0 Å². The first-order chi connectivity index (χ1) is 12.5. The van der Waals surface area contributed by atoms with Gasteiger partial charge in [0.05, 0.1) is 11.9 Å². The molecule has 1 aromatic heterocycles. The van der Waals surface area contributed by atoms with Gasteiger partial charge in [-0.05, 0) is 49.4 Å². The number of hydrogen-bond donors (Lipinski definition) is 1. The van der Waals surface area contributed by atoms with E-state index in [4.69, 9.17) is 0 Å². The first kappa shape index (κ1) is 16.7. The van der Waals surface area contributed by atoms with Crippen LogP contribution in [0.3, 0.4) is 0 Å². The number of carbonyl (C=O) groups is 2. The van der Waals surface area contributed by atoms with Crippen molar-refractivity contribution in [1.29, 1.82) is 0 Å². The summed E-state index contributed by atoms with van der Waals surface area (Å²) in [7, 11) is 0. The van der Waals surface area contributed by atoms with Crippen molar-refractivity contribution < 1.29 is 19.1 Å². The zero-order chi connectivity index (χ0) is 18.3. The molecule has 7 nitrogen and oxygen atoms in total. The van der Waals surface area contributed by atoms with E-state index in [1.807, 2.05) is 0 Å². The lowest BCUT2D eigenvalue weighted by molar-refractivity contribution is -0.141. The Balaban J connectivity index is 1.61. The first-order valence-corrected chi connectivity index (χ1v) is 8.78. The molecule has 0 bridgehead atoms. The predicted molar refractivity (Wildman–Crippen MR) is 89.3 cm³/mol. The summed E-state index contributed by atoms with van der Waals surface area (Å²) >= 11 is 0. The second kappa shape index (κ2) is 6.51. The summed E-state index contributed by atoms with van der Waals surface area (Å²) in [6.07, 6.45) is 5.82. The van der Waals surface area contributed by atoms with E-state index in [0.717, 1.165) is 25.7 Å². The molecule has 1 aliphatic carbocycles. The van der Waals surface area contributed by atoms with Gasteiger partial charge in [0.2, 0.25) is 0 Å². The van der Waals surface area contributed by atoms with Gasteiger partial charge >= 0.3 is 5.97 Å². The highest BCUT2D eigenvalue weighted by molar-refractivity contribution is 5.95. The number of carboxylic acids is 1. The Bertz CT molecular complexity index is 835. The topological polar surface area (TPSA) is 88.3 Å². The van der Waals surface area contributed by atoms with Gasteiger partial charge in [0.25, 0.3) is 5.91 Å². The molecule has 136 valence electrons. The summed E-state index contributed by atoms with van der Waals surface area (Å²) in [6.45, 7) is 0. The number of nitrogens with zero attached hydrogens (tertiary/aromatic N) is 4.